The number of benzene rings is 1. The Morgan fingerprint density at radius 2 is 2.16 bits per heavy atom. The van der Waals surface area contributed by atoms with Gasteiger partial charge in [-0.3, -0.25) is 4.99 Å². The van der Waals surface area contributed by atoms with E-state index in [2.05, 4.69) is 29.5 Å². The van der Waals surface area contributed by atoms with Crippen LogP contribution in [-0.4, -0.2) is 38.3 Å². The van der Waals surface area contributed by atoms with Gasteiger partial charge in [0.2, 0.25) is 0 Å². The highest BCUT2D eigenvalue weighted by Gasteiger charge is 2.59. The van der Waals surface area contributed by atoms with Gasteiger partial charge in [0.15, 0.2) is 5.96 Å². The minimum atomic E-state index is -0.158. The zero-order valence-electron chi connectivity index (χ0n) is 15.3. The van der Waals surface area contributed by atoms with Crippen molar-refractivity contribution in [3.8, 4) is 0 Å². The summed E-state index contributed by atoms with van der Waals surface area (Å²) < 4.78 is 19.4. The molecule has 1 aromatic rings. The third kappa shape index (κ3) is 2.82. The number of aliphatic imine (C=N–C) groups is 1. The average molecular weight is 345 g/mol. The van der Waals surface area contributed by atoms with Gasteiger partial charge in [0.1, 0.15) is 5.82 Å². The molecule has 3 unspecified atom stereocenters. The van der Waals surface area contributed by atoms with Gasteiger partial charge >= 0.3 is 0 Å². The van der Waals surface area contributed by atoms with Crippen molar-refractivity contribution in [3.05, 3.63) is 35.6 Å². The van der Waals surface area contributed by atoms with Crippen LogP contribution in [0.4, 0.5) is 4.39 Å². The molecule has 0 aromatic heterocycles. The minimum Gasteiger partial charge on any atom is -0.377 e. The van der Waals surface area contributed by atoms with E-state index in [1.54, 1.807) is 12.1 Å². The van der Waals surface area contributed by atoms with E-state index in [9.17, 15) is 4.39 Å². The van der Waals surface area contributed by atoms with Crippen LogP contribution >= 0.6 is 0 Å². The molecule has 0 amide bonds. The van der Waals surface area contributed by atoms with Crippen LogP contribution in [0.1, 0.15) is 38.7 Å². The topological polar surface area (TPSA) is 45.7 Å². The lowest BCUT2D eigenvalue weighted by molar-refractivity contribution is -0.106. The number of rotatable bonds is 4. The third-order valence-corrected chi connectivity index (χ3v) is 6.50. The fourth-order valence-corrected chi connectivity index (χ4v) is 4.75. The van der Waals surface area contributed by atoms with Crippen LogP contribution in [-0.2, 0) is 10.2 Å². The average Bonchev–Trinajstić information content (AvgIpc) is 3.24. The summed E-state index contributed by atoms with van der Waals surface area (Å²) in [6, 6.07) is 7.39. The number of fused-ring (bicyclic) bond motifs is 1. The SMILES string of the molecule is CN=C(NCC1(c2cccc(F)c2)CC1)NC1C2CCOC2C1(C)C. The second-order valence-electron chi connectivity index (χ2n) is 8.40. The fraction of sp³-hybridized carbons (Fsp3) is 0.650. The van der Waals surface area contributed by atoms with Gasteiger partial charge in [-0.1, -0.05) is 26.0 Å². The first-order valence-electron chi connectivity index (χ1n) is 9.31. The molecule has 3 atom stereocenters. The number of nitrogens with zero attached hydrogens (tertiary/aromatic N) is 1. The molecule has 2 N–H and O–H groups in total. The summed E-state index contributed by atoms with van der Waals surface area (Å²) in [6.07, 6.45) is 3.67. The number of hydrogen-bond donors (Lipinski definition) is 2. The molecule has 25 heavy (non-hydrogen) atoms. The number of halogens is 1. The first-order chi connectivity index (χ1) is 12.0. The normalized spacial score (nSPS) is 31.8. The van der Waals surface area contributed by atoms with Gasteiger partial charge < -0.3 is 15.4 Å². The van der Waals surface area contributed by atoms with Crippen molar-refractivity contribution >= 4 is 5.96 Å². The van der Waals surface area contributed by atoms with E-state index in [1.165, 1.54) is 6.07 Å². The van der Waals surface area contributed by atoms with Gasteiger partial charge in [0.25, 0.3) is 0 Å². The standard InChI is InChI=1S/C20H28FN3O/c1-19(2)16(15-7-10-25-17(15)19)24-18(22-3)23-12-20(8-9-20)13-5-4-6-14(21)11-13/h4-6,11,15-17H,7-10,12H2,1-3H3,(H2,22,23,24). The van der Waals surface area contributed by atoms with Crippen molar-refractivity contribution in [1.82, 2.24) is 10.6 Å². The Hall–Kier alpha value is -1.62. The zero-order chi connectivity index (χ0) is 17.7. The molecule has 1 saturated heterocycles. The second kappa shape index (κ2) is 5.97. The Kier molecular flexibility index (Phi) is 4.02. The quantitative estimate of drug-likeness (QED) is 0.652. The molecular formula is C20H28FN3O. The lowest BCUT2D eigenvalue weighted by Crippen LogP contribution is -2.68. The molecule has 1 aliphatic heterocycles. The zero-order valence-corrected chi connectivity index (χ0v) is 15.3. The summed E-state index contributed by atoms with van der Waals surface area (Å²) in [4.78, 5) is 4.41. The van der Waals surface area contributed by atoms with Gasteiger partial charge in [0.05, 0.1) is 6.10 Å². The van der Waals surface area contributed by atoms with E-state index >= 15 is 0 Å². The van der Waals surface area contributed by atoms with Crippen molar-refractivity contribution in [1.29, 1.82) is 0 Å². The van der Waals surface area contributed by atoms with E-state index in [4.69, 9.17) is 4.74 Å². The maximum absolute atomic E-state index is 13.6. The maximum atomic E-state index is 13.6. The molecule has 4 rings (SSSR count). The highest BCUT2D eigenvalue weighted by molar-refractivity contribution is 5.80. The highest BCUT2D eigenvalue weighted by atomic mass is 19.1. The lowest BCUT2D eigenvalue weighted by Gasteiger charge is -2.55. The summed E-state index contributed by atoms with van der Waals surface area (Å²) in [5.74, 6) is 1.26. The van der Waals surface area contributed by atoms with Gasteiger partial charge in [-0.2, -0.15) is 0 Å². The van der Waals surface area contributed by atoms with Gasteiger partial charge in [-0.25, -0.2) is 4.39 Å². The summed E-state index contributed by atoms with van der Waals surface area (Å²) in [5.41, 5.74) is 1.26. The van der Waals surface area contributed by atoms with Crippen molar-refractivity contribution in [2.75, 3.05) is 20.2 Å². The molecule has 5 heteroatoms. The van der Waals surface area contributed by atoms with E-state index < -0.39 is 0 Å². The number of guanidine groups is 1. The Morgan fingerprint density at radius 1 is 1.36 bits per heavy atom. The van der Waals surface area contributed by atoms with Crippen LogP contribution in [0.15, 0.2) is 29.3 Å². The van der Waals surface area contributed by atoms with Crippen molar-refractivity contribution in [2.45, 2.75) is 50.7 Å². The Balaban J connectivity index is 1.39. The molecule has 1 heterocycles. The predicted molar refractivity (Wildman–Crippen MR) is 97.2 cm³/mol. The van der Waals surface area contributed by atoms with Crippen LogP contribution in [0.25, 0.3) is 0 Å². The van der Waals surface area contributed by atoms with Crippen LogP contribution in [0, 0.1) is 17.2 Å². The molecule has 2 saturated carbocycles. The fourth-order valence-electron chi connectivity index (χ4n) is 4.75. The van der Waals surface area contributed by atoms with Gasteiger partial charge in [-0.05, 0) is 37.0 Å². The highest BCUT2D eigenvalue weighted by Crippen LogP contribution is 2.52. The smallest absolute Gasteiger partial charge is 0.191 e. The van der Waals surface area contributed by atoms with Crippen LogP contribution < -0.4 is 10.6 Å². The van der Waals surface area contributed by atoms with Crippen LogP contribution in [0.3, 0.4) is 0 Å². The largest absolute Gasteiger partial charge is 0.377 e. The summed E-state index contributed by atoms with van der Waals surface area (Å²) in [5, 5.41) is 7.10. The lowest BCUT2D eigenvalue weighted by atomic mass is 9.57. The van der Waals surface area contributed by atoms with E-state index in [0.29, 0.717) is 18.1 Å². The first-order valence-corrected chi connectivity index (χ1v) is 9.31. The summed E-state index contributed by atoms with van der Waals surface area (Å²) in [7, 11) is 1.81. The summed E-state index contributed by atoms with van der Waals surface area (Å²) in [6.45, 7) is 6.18. The molecule has 1 aromatic carbocycles. The van der Waals surface area contributed by atoms with Crippen molar-refractivity contribution < 1.29 is 9.13 Å². The molecule has 2 aliphatic carbocycles. The molecule has 0 spiro atoms. The minimum absolute atomic E-state index is 0.0495. The van der Waals surface area contributed by atoms with Crippen LogP contribution in [0.2, 0.25) is 0 Å². The Morgan fingerprint density at radius 3 is 2.84 bits per heavy atom. The molecule has 4 nitrogen and oxygen atoms in total. The molecule has 0 radical (unpaired) electrons. The van der Waals surface area contributed by atoms with E-state index in [-0.39, 0.29) is 16.6 Å². The maximum Gasteiger partial charge on any atom is 0.191 e. The second-order valence-corrected chi connectivity index (χ2v) is 8.40. The molecular weight excluding hydrogens is 317 g/mol. The molecule has 3 fully saturated rings. The van der Waals surface area contributed by atoms with Crippen LogP contribution in [0.5, 0.6) is 0 Å². The predicted octanol–water partition coefficient (Wildman–Crippen LogP) is 2.84. The Bertz CT molecular complexity index is 683. The van der Waals surface area contributed by atoms with Crippen molar-refractivity contribution in [3.63, 3.8) is 0 Å². The monoisotopic (exact) mass is 345 g/mol. The van der Waals surface area contributed by atoms with Gasteiger partial charge in [0, 0.05) is 43.0 Å². The van der Waals surface area contributed by atoms with Gasteiger partial charge in [-0.15, -0.1) is 0 Å². The molecule has 136 valence electrons. The van der Waals surface area contributed by atoms with E-state index in [1.807, 2.05) is 13.1 Å². The van der Waals surface area contributed by atoms with E-state index in [0.717, 1.165) is 43.9 Å². The Labute approximate surface area is 149 Å². The molecule has 3 aliphatic rings. The number of hydrogen-bond acceptors (Lipinski definition) is 2. The number of nitrogens with one attached hydrogen (secondary N) is 2. The summed E-state index contributed by atoms with van der Waals surface area (Å²) >= 11 is 0. The van der Waals surface area contributed by atoms with Crippen molar-refractivity contribution in [2.24, 2.45) is 16.3 Å². The molecule has 0 bridgehead atoms. The third-order valence-electron chi connectivity index (χ3n) is 6.50. The number of ether oxygens (including phenoxy) is 1. The first kappa shape index (κ1) is 16.8.